The lowest BCUT2D eigenvalue weighted by Crippen LogP contribution is -2.68. The molecular weight excluding hydrogens is 347 g/mol. The molecule has 0 aliphatic rings. The van der Waals surface area contributed by atoms with Gasteiger partial charge in [0.1, 0.15) is 0 Å². The highest BCUT2D eigenvalue weighted by molar-refractivity contribution is 5.02. The van der Waals surface area contributed by atoms with Crippen LogP contribution in [0.25, 0.3) is 0 Å². The zero-order valence-electron chi connectivity index (χ0n) is 11.1. The van der Waals surface area contributed by atoms with E-state index in [9.17, 15) is 48.3 Å². The van der Waals surface area contributed by atoms with Gasteiger partial charge in [-0.05, 0) is 7.05 Å². The Morgan fingerprint density at radius 1 is 0.818 bits per heavy atom. The van der Waals surface area contributed by atoms with Crippen molar-refractivity contribution in [3.05, 3.63) is 0 Å². The first kappa shape index (κ1) is 21.1. The highest BCUT2D eigenvalue weighted by Gasteiger charge is 2.81. The summed E-state index contributed by atoms with van der Waals surface area (Å²) >= 11 is 0. The molecule has 0 N–H and O–H groups in total. The number of alkyl halides is 11. The summed E-state index contributed by atoms with van der Waals surface area (Å²) in [5, 5.41) is 0. The highest BCUT2D eigenvalue weighted by Crippen LogP contribution is 2.54. The second kappa shape index (κ2) is 5.65. The van der Waals surface area contributed by atoms with E-state index in [0.717, 1.165) is 0 Å². The number of ether oxygens (including phenoxy) is 1. The van der Waals surface area contributed by atoms with E-state index in [1.807, 2.05) is 0 Å². The van der Waals surface area contributed by atoms with Crippen LogP contribution in [-0.2, 0) is 4.74 Å². The first-order valence-electron chi connectivity index (χ1n) is 5.19. The van der Waals surface area contributed by atoms with E-state index in [1.165, 1.54) is 0 Å². The summed E-state index contributed by atoms with van der Waals surface area (Å²) < 4.78 is 145. The molecule has 0 aromatic rings. The SMILES string of the molecule is COC(F)(F)C(F)N(C)C(F)(F)C(F)(F)C(F)(F)C(C)(F)F. The van der Waals surface area contributed by atoms with Crippen LogP contribution in [-0.4, -0.2) is 55.3 Å². The van der Waals surface area contributed by atoms with Crippen molar-refractivity contribution < 1.29 is 53.0 Å². The van der Waals surface area contributed by atoms with Gasteiger partial charge in [0, 0.05) is 14.0 Å². The Labute approximate surface area is 116 Å². The third kappa shape index (κ3) is 3.09. The van der Waals surface area contributed by atoms with E-state index in [-0.39, 0.29) is 7.11 Å². The fourth-order valence-electron chi connectivity index (χ4n) is 1.15. The minimum Gasteiger partial charge on any atom is -0.320 e. The number of likely N-dealkylation sites (N-methyl/N-ethyl adjacent to an activating group) is 1. The molecule has 0 amide bonds. The molecule has 1 unspecified atom stereocenters. The summed E-state index contributed by atoms with van der Waals surface area (Å²) in [7, 11) is -0.305. The Bertz CT molecular complexity index is 392. The van der Waals surface area contributed by atoms with Crippen molar-refractivity contribution in [2.24, 2.45) is 0 Å². The van der Waals surface area contributed by atoms with Crippen molar-refractivity contribution >= 4 is 0 Å². The van der Waals surface area contributed by atoms with Crippen molar-refractivity contribution in [3.8, 4) is 0 Å². The molecule has 0 aromatic carbocycles. The Kier molecular flexibility index (Phi) is 5.44. The molecule has 0 saturated carbocycles. The average Bonchev–Trinajstić information content (AvgIpc) is 2.34. The fraction of sp³-hybridized carbons (Fsp3) is 1.00. The zero-order valence-corrected chi connectivity index (χ0v) is 11.1. The number of nitrogens with zero attached hydrogens (tertiary/aromatic N) is 1. The molecule has 13 heteroatoms. The first-order chi connectivity index (χ1) is 9.38. The van der Waals surface area contributed by atoms with Crippen LogP contribution < -0.4 is 0 Å². The van der Waals surface area contributed by atoms with Gasteiger partial charge in [0.15, 0.2) is 0 Å². The highest BCUT2D eigenvalue weighted by atomic mass is 19.4. The molecule has 0 aliphatic heterocycles. The summed E-state index contributed by atoms with van der Waals surface area (Å²) in [5.41, 5.74) is 0. The Morgan fingerprint density at radius 3 is 1.45 bits per heavy atom. The van der Waals surface area contributed by atoms with E-state index in [1.54, 1.807) is 0 Å². The van der Waals surface area contributed by atoms with Crippen LogP contribution in [0.2, 0.25) is 0 Å². The van der Waals surface area contributed by atoms with Gasteiger partial charge >= 0.3 is 29.9 Å². The van der Waals surface area contributed by atoms with E-state index >= 15 is 0 Å². The number of halogens is 11. The Morgan fingerprint density at radius 2 is 1.18 bits per heavy atom. The maximum Gasteiger partial charge on any atom is 0.400 e. The molecule has 1 atom stereocenters. The van der Waals surface area contributed by atoms with E-state index < -0.39 is 55.1 Å². The van der Waals surface area contributed by atoms with E-state index in [2.05, 4.69) is 4.74 Å². The van der Waals surface area contributed by atoms with E-state index in [4.69, 9.17) is 0 Å². The van der Waals surface area contributed by atoms with E-state index in [0.29, 0.717) is 0 Å². The monoisotopic (exact) mass is 357 g/mol. The van der Waals surface area contributed by atoms with Gasteiger partial charge in [-0.3, -0.25) is 0 Å². The summed E-state index contributed by atoms with van der Waals surface area (Å²) in [6.07, 6.45) is -9.40. The van der Waals surface area contributed by atoms with Gasteiger partial charge in [0.05, 0.1) is 0 Å². The van der Waals surface area contributed by atoms with Crippen molar-refractivity contribution in [3.63, 3.8) is 0 Å². The third-order valence-corrected chi connectivity index (χ3v) is 2.66. The lowest BCUT2D eigenvalue weighted by molar-refractivity contribution is -0.412. The average molecular weight is 357 g/mol. The molecule has 0 radical (unpaired) electrons. The Hall–Kier alpha value is -0.850. The predicted molar refractivity (Wildman–Crippen MR) is 50.1 cm³/mol. The number of methoxy groups -OCH3 is 1. The van der Waals surface area contributed by atoms with Crippen LogP contribution in [0.1, 0.15) is 6.92 Å². The van der Waals surface area contributed by atoms with Crippen LogP contribution in [0.5, 0.6) is 0 Å². The maximum absolute atomic E-state index is 13.3. The molecule has 0 heterocycles. The summed E-state index contributed by atoms with van der Waals surface area (Å²) in [5.74, 6) is -19.2. The molecule has 2 nitrogen and oxygen atoms in total. The molecule has 134 valence electrons. The number of hydrogen-bond donors (Lipinski definition) is 0. The minimum absolute atomic E-state index is 0.117. The van der Waals surface area contributed by atoms with Crippen molar-refractivity contribution in [1.82, 2.24) is 4.90 Å². The second-order valence-corrected chi connectivity index (χ2v) is 4.29. The van der Waals surface area contributed by atoms with Crippen LogP contribution in [0.3, 0.4) is 0 Å². The van der Waals surface area contributed by atoms with Gasteiger partial charge in [-0.1, -0.05) is 0 Å². The summed E-state index contributed by atoms with van der Waals surface area (Å²) in [4.78, 5) is -1.81. The topological polar surface area (TPSA) is 12.5 Å². The minimum atomic E-state index is -6.87. The normalized spacial score (nSPS) is 17.0. The standard InChI is InChI=1S/C9H10F11NO/c1-5(11,12)7(15,16)8(17,18)9(19,20)21(2)4(10)6(13,14)22-3/h4H,1-3H3. The molecule has 0 aliphatic carbocycles. The first-order valence-corrected chi connectivity index (χ1v) is 5.19. The van der Waals surface area contributed by atoms with Crippen molar-refractivity contribution in [1.29, 1.82) is 0 Å². The van der Waals surface area contributed by atoms with Crippen LogP contribution in [0.4, 0.5) is 48.3 Å². The van der Waals surface area contributed by atoms with Crippen molar-refractivity contribution in [2.45, 2.75) is 43.1 Å². The quantitative estimate of drug-likeness (QED) is 0.505. The molecule has 0 rings (SSSR count). The van der Waals surface area contributed by atoms with Gasteiger partial charge in [0.2, 0.25) is 6.30 Å². The van der Waals surface area contributed by atoms with Crippen LogP contribution in [0.15, 0.2) is 0 Å². The predicted octanol–water partition coefficient (Wildman–Crippen LogP) is 3.97. The summed E-state index contributed by atoms with van der Waals surface area (Å²) in [6, 6.07) is -6.39. The fourth-order valence-corrected chi connectivity index (χ4v) is 1.15. The molecule has 0 bridgehead atoms. The smallest absolute Gasteiger partial charge is 0.320 e. The van der Waals surface area contributed by atoms with Crippen LogP contribution in [0, 0.1) is 0 Å². The lowest BCUT2D eigenvalue weighted by Gasteiger charge is -2.40. The molecule has 0 spiro atoms. The van der Waals surface area contributed by atoms with Gasteiger partial charge in [-0.2, -0.15) is 43.9 Å². The van der Waals surface area contributed by atoms with Gasteiger partial charge in [-0.15, -0.1) is 0 Å². The summed E-state index contributed by atoms with van der Waals surface area (Å²) in [6.45, 7) is -0.784. The molecule has 22 heavy (non-hydrogen) atoms. The Balaban J connectivity index is 5.82. The second-order valence-electron chi connectivity index (χ2n) is 4.29. The number of rotatable bonds is 7. The zero-order chi connectivity index (χ0) is 18.4. The molecule has 0 aromatic heterocycles. The molecule has 0 fully saturated rings. The molecule has 0 saturated heterocycles. The van der Waals surface area contributed by atoms with Crippen LogP contribution >= 0.6 is 0 Å². The van der Waals surface area contributed by atoms with Gasteiger partial charge < -0.3 is 4.74 Å². The third-order valence-electron chi connectivity index (χ3n) is 2.66. The van der Waals surface area contributed by atoms with Gasteiger partial charge in [-0.25, -0.2) is 9.29 Å². The maximum atomic E-state index is 13.3. The lowest BCUT2D eigenvalue weighted by atomic mass is 10.0. The van der Waals surface area contributed by atoms with Gasteiger partial charge in [0.25, 0.3) is 0 Å². The number of hydrogen-bond acceptors (Lipinski definition) is 2. The largest absolute Gasteiger partial charge is 0.400 e. The molecular formula is C9H10F11NO. The van der Waals surface area contributed by atoms with Crippen molar-refractivity contribution in [2.75, 3.05) is 14.2 Å².